The molecule has 20 heavy (non-hydrogen) atoms. The molecule has 1 N–H and O–H groups in total. The second-order valence-electron chi connectivity index (χ2n) is 5.66. The number of aromatic nitrogens is 2. The number of aryl methyl sites for hydroxylation is 1. The number of nitrogens with one attached hydrogen (secondary N) is 1. The Bertz CT molecular complexity index is 449. The first-order valence-electron chi connectivity index (χ1n) is 7.47. The molecule has 3 rings (SSSR count). The minimum atomic E-state index is 0.870. The van der Waals surface area contributed by atoms with E-state index in [1.54, 1.807) is 0 Å². The first-order chi connectivity index (χ1) is 9.72. The van der Waals surface area contributed by atoms with Crippen LogP contribution in [-0.4, -0.2) is 74.3 Å². The summed E-state index contributed by atoms with van der Waals surface area (Å²) in [5, 5.41) is 3.38. The van der Waals surface area contributed by atoms with Crippen molar-refractivity contribution in [3.8, 4) is 0 Å². The van der Waals surface area contributed by atoms with Crippen LogP contribution in [0.4, 0.5) is 11.6 Å². The molecule has 0 aliphatic carbocycles. The lowest BCUT2D eigenvalue weighted by atomic mass is 10.3. The van der Waals surface area contributed by atoms with Gasteiger partial charge in [0.1, 0.15) is 17.5 Å². The third-order valence-electron chi connectivity index (χ3n) is 4.08. The summed E-state index contributed by atoms with van der Waals surface area (Å²) in [6.45, 7) is 10.4. The third-order valence-corrected chi connectivity index (χ3v) is 4.08. The van der Waals surface area contributed by atoms with Crippen LogP contribution < -0.4 is 15.1 Å². The first kappa shape index (κ1) is 13.6. The van der Waals surface area contributed by atoms with Gasteiger partial charge in [-0.25, -0.2) is 9.97 Å². The van der Waals surface area contributed by atoms with E-state index >= 15 is 0 Å². The number of piperazine rings is 2. The highest BCUT2D eigenvalue weighted by Gasteiger charge is 2.18. The van der Waals surface area contributed by atoms with Crippen molar-refractivity contribution in [2.45, 2.75) is 6.92 Å². The SMILES string of the molecule is Cc1nc(N2CCNCC2)cc(N2CCN(C)CC2)n1. The number of hydrogen-bond donors (Lipinski definition) is 1. The number of hydrogen-bond acceptors (Lipinski definition) is 6. The Morgan fingerprint density at radius 3 is 2.05 bits per heavy atom. The van der Waals surface area contributed by atoms with E-state index < -0.39 is 0 Å². The minimum absolute atomic E-state index is 0.870. The Kier molecular flexibility index (Phi) is 4.03. The zero-order chi connectivity index (χ0) is 13.9. The molecule has 2 aliphatic heterocycles. The molecule has 1 aromatic rings. The van der Waals surface area contributed by atoms with Gasteiger partial charge < -0.3 is 20.0 Å². The average Bonchev–Trinajstić information content (AvgIpc) is 2.48. The van der Waals surface area contributed by atoms with Gasteiger partial charge in [0.15, 0.2) is 0 Å². The molecule has 0 saturated carbocycles. The number of nitrogens with zero attached hydrogens (tertiary/aromatic N) is 5. The summed E-state index contributed by atoms with van der Waals surface area (Å²) in [6.07, 6.45) is 0. The maximum atomic E-state index is 4.63. The van der Waals surface area contributed by atoms with Crippen LogP contribution in [0.2, 0.25) is 0 Å². The van der Waals surface area contributed by atoms with Gasteiger partial charge >= 0.3 is 0 Å². The molecule has 0 bridgehead atoms. The van der Waals surface area contributed by atoms with Crippen LogP contribution in [0.25, 0.3) is 0 Å². The Morgan fingerprint density at radius 1 is 0.900 bits per heavy atom. The van der Waals surface area contributed by atoms with Crippen LogP contribution >= 0.6 is 0 Å². The Labute approximate surface area is 120 Å². The van der Waals surface area contributed by atoms with Crippen molar-refractivity contribution in [1.29, 1.82) is 0 Å². The zero-order valence-corrected chi connectivity index (χ0v) is 12.5. The van der Waals surface area contributed by atoms with Gasteiger partial charge in [0, 0.05) is 58.4 Å². The molecule has 0 radical (unpaired) electrons. The van der Waals surface area contributed by atoms with Crippen LogP contribution in [0, 0.1) is 6.92 Å². The Morgan fingerprint density at radius 2 is 1.45 bits per heavy atom. The van der Waals surface area contributed by atoms with E-state index in [0.717, 1.165) is 69.8 Å². The lowest BCUT2D eigenvalue weighted by Gasteiger charge is -2.34. The highest BCUT2D eigenvalue weighted by atomic mass is 15.3. The monoisotopic (exact) mass is 276 g/mol. The third kappa shape index (κ3) is 3.02. The molecule has 2 fully saturated rings. The lowest BCUT2D eigenvalue weighted by Crippen LogP contribution is -2.45. The Hall–Kier alpha value is -1.40. The lowest BCUT2D eigenvalue weighted by molar-refractivity contribution is 0.312. The molecular weight excluding hydrogens is 252 g/mol. The molecule has 6 nitrogen and oxygen atoms in total. The fraction of sp³-hybridized carbons (Fsp3) is 0.714. The molecule has 110 valence electrons. The molecule has 0 amide bonds. The molecule has 0 aromatic carbocycles. The second kappa shape index (κ2) is 5.93. The normalized spacial score (nSPS) is 21.3. The highest BCUT2D eigenvalue weighted by molar-refractivity contribution is 5.51. The number of anilines is 2. The van der Waals surface area contributed by atoms with Crippen molar-refractivity contribution in [3.05, 3.63) is 11.9 Å². The smallest absolute Gasteiger partial charge is 0.134 e. The van der Waals surface area contributed by atoms with Crippen molar-refractivity contribution < 1.29 is 0 Å². The fourth-order valence-electron chi connectivity index (χ4n) is 2.79. The average molecular weight is 276 g/mol. The summed E-state index contributed by atoms with van der Waals surface area (Å²) in [4.78, 5) is 16.3. The van der Waals surface area contributed by atoms with Crippen LogP contribution in [0.3, 0.4) is 0 Å². The minimum Gasteiger partial charge on any atom is -0.354 e. The largest absolute Gasteiger partial charge is 0.354 e. The van der Waals surface area contributed by atoms with E-state index in [2.05, 4.69) is 43.1 Å². The van der Waals surface area contributed by atoms with Crippen LogP contribution in [-0.2, 0) is 0 Å². The molecule has 1 aromatic heterocycles. The molecule has 2 saturated heterocycles. The van der Waals surface area contributed by atoms with Gasteiger partial charge in [-0.1, -0.05) is 0 Å². The van der Waals surface area contributed by atoms with Gasteiger partial charge in [-0.05, 0) is 14.0 Å². The predicted molar refractivity (Wildman–Crippen MR) is 81.6 cm³/mol. The fourth-order valence-corrected chi connectivity index (χ4v) is 2.79. The molecular formula is C14H24N6. The predicted octanol–water partition coefficient (Wildman–Crippen LogP) is -0.0536. The first-order valence-corrected chi connectivity index (χ1v) is 7.47. The van der Waals surface area contributed by atoms with Crippen molar-refractivity contribution in [3.63, 3.8) is 0 Å². The summed E-state index contributed by atoms with van der Waals surface area (Å²) in [7, 11) is 2.18. The van der Waals surface area contributed by atoms with E-state index in [1.165, 1.54) is 0 Å². The van der Waals surface area contributed by atoms with E-state index in [9.17, 15) is 0 Å². The maximum Gasteiger partial charge on any atom is 0.134 e. The molecule has 0 spiro atoms. The van der Waals surface area contributed by atoms with Crippen molar-refractivity contribution in [1.82, 2.24) is 20.2 Å². The van der Waals surface area contributed by atoms with E-state index in [-0.39, 0.29) is 0 Å². The van der Waals surface area contributed by atoms with Gasteiger partial charge in [-0.2, -0.15) is 0 Å². The van der Waals surface area contributed by atoms with Crippen LogP contribution in [0.1, 0.15) is 5.82 Å². The van der Waals surface area contributed by atoms with Crippen molar-refractivity contribution >= 4 is 11.6 Å². The summed E-state index contributed by atoms with van der Waals surface area (Å²) < 4.78 is 0. The summed E-state index contributed by atoms with van der Waals surface area (Å²) in [6, 6.07) is 2.16. The standard InChI is InChI=1S/C14H24N6/c1-12-16-13(19-5-3-15-4-6-19)11-14(17-12)20-9-7-18(2)8-10-20/h11,15H,3-10H2,1-2H3. The van der Waals surface area contributed by atoms with Gasteiger partial charge in [0.2, 0.25) is 0 Å². The van der Waals surface area contributed by atoms with Gasteiger partial charge in [-0.3, -0.25) is 0 Å². The Balaban J connectivity index is 1.79. The highest BCUT2D eigenvalue weighted by Crippen LogP contribution is 2.20. The summed E-state index contributed by atoms with van der Waals surface area (Å²) in [5.41, 5.74) is 0. The van der Waals surface area contributed by atoms with E-state index in [4.69, 9.17) is 0 Å². The quantitative estimate of drug-likeness (QED) is 0.817. The van der Waals surface area contributed by atoms with E-state index in [1.807, 2.05) is 6.92 Å². The topological polar surface area (TPSA) is 47.5 Å². The van der Waals surface area contributed by atoms with E-state index in [0.29, 0.717) is 0 Å². The van der Waals surface area contributed by atoms with Crippen LogP contribution in [0.15, 0.2) is 6.07 Å². The van der Waals surface area contributed by atoms with Gasteiger partial charge in [-0.15, -0.1) is 0 Å². The van der Waals surface area contributed by atoms with Gasteiger partial charge in [0.05, 0.1) is 0 Å². The molecule has 3 heterocycles. The second-order valence-corrected chi connectivity index (χ2v) is 5.66. The van der Waals surface area contributed by atoms with Crippen LogP contribution in [0.5, 0.6) is 0 Å². The number of likely N-dealkylation sites (N-methyl/N-ethyl adjacent to an activating group) is 1. The zero-order valence-electron chi connectivity index (χ0n) is 12.5. The summed E-state index contributed by atoms with van der Waals surface area (Å²) >= 11 is 0. The molecule has 6 heteroatoms. The maximum absolute atomic E-state index is 4.63. The molecule has 0 atom stereocenters. The number of rotatable bonds is 2. The van der Waals surface area contributed by atoms with Crippen molar-refractivity contribution in [2.24, 2.45) is 0 Å². The molecule has 0 unspecified atom stereocenters. The van der Waals surface area contributed by atoms with Crippen molar-refractivity contribution in [2.75, 3.05) is 69.2 Å². The molecule has 2 aliphatic rings. The van der Waals surface area contributed by atoms with Gasteiger partial charge in [0.25, 0.3) is 0 Å². The summed E-state index contributed by atoms with van der Waals surface area (Å²) in [5.74, 6) is 3.03.